The second-order valence-corrected chi connectivity index (χ2v) is 3.82. The van der Waals surface area contributed by atoms with Gasteiger partial charge < -0.3 is 4.74 Å². The maximum Gasteiger partial charge on any atom is 0.573 e. The van der Waals surface area contributed by atoms with Gasteiger partial charge in [0.15, 0.2) is 0 Å². The molecule has 0 spiro atoms. The topological polar surface area (TPSA) is 9.23 Å². The van der Waals surface area contributed by atoms with Gasteiger partial charge in [-0.15, -0.1) is 19.8 Å². The van der Waals surface area contributed by atoms with Gasteiger partial charge in [-0.1, -0.05) is 12.1 Å². The molecular formula is C13H15F3O. The lowest BCUT2D eigenvalue weighted by Gasteiger charge is -2.11. The molecule has 1 aromatic carbocycles. The number of halogens is 3. The molecule has 1 rings (SSSR count). The number of unbranched alkanes of at least 4 members (excludes halogenated alkanes) is 1. The van der Waals surface area contributed by atoms with Crippen LogP contribution in [0.2, 0.25) is 0 Å². The summed E-state index contributed by atoms with van der Waals surface area (Å²) >= 11 is 0. The minimum Gasteiger partial charge on any atom is -0.406 e. The van der Waals surface area contributed by atoms with Crippen LogP contribution in [-0.2, 0) is 6.42 Å². The average molecular weight is 244 g/mol. The molecule has 0 amide bonds. The first-order valence-electron chi connectivity index (χ1n) is 5.38. The number of hydrogen-bond acceptors (Lipinski definition) is 1. The van der Waals surface area contributed by atoms with Crippen LogP contribution in [0.25, 0.3) is 0 Å². The van der Waals surface area contributed by atoms with Gasteiger partial charge in [-0.2, -0.15) is 0 Å². The molecule has 0 saturated heterocycles. The molecule has 0 aliphatic heterocycles. The highest BCUT2D eigenvalue weighted by atomic mass is 19.4. The lowest BCUT2D eigenvalue weighted by Crippen LogP contribution is -2.17. The van der Waals surface area contributed by atoms with Crippen molar-refractivity contribution in [2.24, 2.45) is 0 Å². The fraction of sp³-hybridized carbons (Fsp3) is 0.385. The quantitative estimate of drug-likeness (QED) is 0.551. The molecule has 0 aliphatic rings. The summed E-state index contributed by atoms with van der Waals surface area (Å²) in [5.74, 6) is -0.156. The van der Waals surface area contributed by atoms with E-state index in [4.69, 9.17) is 0 Å². The molecule has 0 aromatic heterocycles. The van der Waals surface area contributed by atoms with Crippen molar-refractivity contribution in [1.29, 1.82) is 0 Å². The minimum absolute atomic E-state index is 0.156. The fourth-order valence-electron chi connectivity index (χ4n) is 1.55. The molecule has 0 atom stereocenters. The molecule has 0 aliphatic carbocycles. The van der Waals surface area contributed by atoms with Crippen LogP contribution in [0.15, 0.2) is 30.9 Å². The molecule has 0 fully saturated rings. The van der Waals surface area contributed by atoms with Crippen molar-refractivity contribution in [3.63, 3.8) is 0 Å². The standard InChI is InChI=1S/C13H15F3O/c1-3-4-5-6-11-9-12(8-7-10(11)2)17-13(14,15)16/h3,7-9H,1,4-6H2,2H3. The Balaban J connectivity index is 2.75. The number of allylic oxidation sites excluding steroid dienone is 1. The second kappa shape index (κ2) is 5.75. The highest BCUT2D eigenvalue weighted by molar-refractivity contribution is 5.35. The Bertz CT molecular complexity index is 383. The van der Waals surface area contributed by atoms with Crippen molar-refractivity contribution in [3.8, 4) is 5.75 Å². The van der Waals surface area contributed by atoms with Crippen LogP contribution in [0.4, 0.5) is 13.2 Å². The molecule has 1 aromatic rings. The van der Waals surface area contributed by atoms with Gasteiger partial charge in [0.1, 0.15) is 5.75 Å². The Kier molecular flexibility index (Phi) is 4.61. The van der Waals surface area contributed by atoms with E-state index in [2.05, 4.69) is 11.3 Å². The molecular weight excluding hydrogens is 229 g/mol. The van der Waals surface area contributed by atoms with Gasteiger partial charge in [-0.05, 0) is 49.4 Å². The SMILES string of the molecule is C=CCCCc1cc(OC(F)(F)F)ccc1C. The van der Waals surface area contributed by atoms with E-state index in [-0.39, 0.29) is 5.75 Å². The van der Waals surface area contributed by atoms with E-state index >= 15 is 0 Å². The van der Waals surface area contributed by atoms with Gasteiger partial charge >= 0.3 is 6.36 Å². The van der Waals surface area contributed by atoms with E-state index < -0.39 is 6.36 Å². The van der Waals surface area contributed by atoms with Crippen LogP contribution >= 0.6 is 0 Å². The van der Waals surface area contributed by atoms with Crippen molar-refractivity contribution < 1.29 is 17.9 Å². The zero-order valence-corrected chi connectivity index (χ0v) is 9.68. The van der Waals surface area contributed by atoms with E-state index in [9.17, 15) is 13.2 Å². The van der Waals surface area contributed by atoms with Gasteiger partial charge in [0.05, 0.1) is 0 Å². The van der Waals surface area contributed by atoms with E-state index in [0.29, 0.717) is 0 Å². The molecule has 1 nitrogen and oxygen atoms in total. The third-order valence-corrected chi connectivity index (χ3v) is 2.41. The predicted octanol–water partition coefficient (Wildman–Crippen LogP) is 4.40. The van der Waals surface area contributed by atoms with Crippen molar-refractivity contribution in [1.82, 2.24) is 0 Å². The van der Waals surface area contributed by atoms with E-state index in [1.165, 1.54) is 12.1 Å². The normalized spacial score (nSPS) is 11.3. The molecule has 0 bridgehead atoms. The van der Waals surface area contributed by atoms with Gasteiger partial charge in [0, 0.05) is 0 Å². The largest absolute Gasteiger partial charge is 0.573 e. The van der Waals surface area contributed by atoms with Crippen LogP contribution < -0.4 is 4.74 Å². The molecule has 17 heavy (non-hydrogen) atoms. The Morgan fingerprint density at radius 3 is 2.65 bits per heavy atom. The maximum absolute atomic E-state index is 12.0. The Hall–Kier alpha value is -1.45. The summed E-state index contributed by atoms with van der Waals surface area (Å²) in [6.45, 7) is 5.48. The Labute approximate surface area is 98.9 Å². The molecule has 0 N–H and O–H groups in total. The zero-order chi connectivity index (χ0) is 12.9. The first kappa shape index (κ1) is 13.6. The van der Waals surface area contributed by atoms with Gasteiger partial charge in [-0.25, -0.2) is 0 Å². The first-order chi connectivity index (χ1) is 7.92. The van der Waals surface area contributed by atoms with Crippen LogP contribution in [0.1, 0.15) is 24.0 Å². The van der Waals surface area contributed by atoms with Crippen LogP contribution in [0, 0.1) is 6.92 Å². The average Bonchev–Trinajstić information content (AvgIpc) is 2.21. The molecule has 0 unspecified atom stereocenters. The van der Waals surface area contributed by atoms with Gasteiger partial charge in [-0.3, -0.25) is 0 Å². The van der Waals surface area contributed by atoms with E-state index in [0.717, 1.165) is 30.4 Å². The zero-order valence-electron chi connectivity index (χ0n) is 9.68. The minimum atomic E-state index is -4.63. The fourth-order valence-corrected chi connectivity index (χ4v) is 1.55. The highest BCUT2D eigenvalue weighted by Crippen LogP contribution is 2.25. The summed E-state index contributed by atoms with van der Waals surface area (Å²) in [6, 6.07) is 4.43. The van der Waals surface area contributed by atoms with E-state index in [1.807, 2.05) is 6.92 Å². The Morgan fingerprint density at radius 2 is 2.06 bits per heavy atom. The van der Waals surface area contributed by atoms with E-state index in [1.54, 1.807) is 12.1 Å². The monoisotopic (exact) mass is 244 g/mol. The van der Waals surface area contributed by atoms with Crippen LogP contribution in [0.3, 0.4) is 0 Å². The third kappa shape index (κ3) is 4.93. The molecule has 0 radical (unpaired) electrons. The van der Waals surface area contributed by atoms with Crippen LogP contribution in [-0.4, -0.2) is 6.36 Å². The second-order valence-electron chi connectivity index (χ2n) is 3.82. The molecule has 0 heterocycles. The summed E-state index contributed by atoms with van der Waals surface area (Å²) in [5.41, 5.74) is 1.86. The van der Waals surface area contributed by atoms with Crippen molar-refractivity contribution in [3.05, 3.63) is 42.0 Å². The lowest BCUT2D eigenvalue weighted by molar-refractivity contribution is -0.274. The van der Waals surface area contributed by atoms with Crippen molar-refractivity contribution in [2.45, 2.75) is 32.5 Å². The summed E-state index contributed by atoms with van der Waals surface area (Å²) in [4.78, 5) is 0. The van der Waals surface area contributed by atoms with Gasteiger partial charge in [0.2, 0.25) is 0 Å². The number of ether oxygens (including phenoxy) is 1. The summed E-state index contributed by atoms with van der Waals surface area (Å²) in [6.07, 6.45) is -0.379. The maximum atomic E-state index is 12.0. The molecule has 0 saturated carbocycles. The smallest absolute Gasteiger partial charge is 0.406 e. The number of aryl methyl sites for hydroxylation is 2. The lowest BCUT2D eigenvalue weighted by atomic mass is 10.0. The Morgan fingerprint density at radius 1 is 1.35 bits per heavy atom. The number of alkyl halides is 3. The highest BCUT2D eigenvalue weighted by Gasteiger charge is 2.31. The van der Waals surface area contributed by atoms with Crippen LogP contribution in [0.5, 0.6) is 5.75 Å². The first-order valence-corrected chi connectivity index (χ1v) is 5.38. The number of rotatable bonds is 5. The predicted molar refractivity (Wildman–Crippen MR) is 61.0 cm³/mol. The van der Waals surface area contributed by atoms with Gasteiger partial charge in [0.25, 0.3) is 0 Å². The summed E-state index contributed by atoms with van der Waals surface area (Å²) in [5, 5.41) is 0. The third-order valence-electron chi connectivity index (χ3n) is 2.41. The molecule has 4 heteroatoms. The van der Waals surface area contributed by atoms with Crippen molar-refractivity contribution >= 4 is 0 Å². The number of benzene rings is 1. The van der Waals surface area contributed by atoms with Crippen molar-refractivity contribution in [2.75, 3.05) is 0 Å². The number of hydrogen-bond donors (Lipinski definition) is 0. The molecule has 94 valence electrons. The summed E-state index contributed by atoms with van der Waals surface area (Å²) < 4.78 is 40.0. The summed E-state index contributed by atoms with van der Waals surface area (Å²) in [7, 11) is 0.